The highest BCUT2D eigenvalue weighted by Crippen LogP contribution is 2.07. The number of nitrogens with zero attached hydrogens (tertiary/aromatic N) is 3. The number of β-amino-alcohol motifs (C(OH)–C–C–N with tert-alkyl or cyclic N) is 1. The summed E-state index contributed by atoms with van der Waals surface area (Å²) >= 11 is 0. The van der Waals surface area contributed by atoms with Crippen molar-refractivity contribution in [1.82, 2.24) is 14.7 Å². The molecular weight excluding hydrogens is 414 g/mol. The van der Waals surface area contributed by atoms with E-state index in [1.165, 1.54) is 45.3 Å². The fourth-order valence-corrected chi connectivity index (χ4v) is 3.11. The Hall–Kier alpha value is -0.240. The van der Waals surface area contributed by atoms with Crippen LogP contribution in [0.2, 0.25) is 0 Å². The Kier molecular flexibility index (Phi) is 33.7. The summed E-state index contributed by atoms with van der Waals surface area (Å²) in [5, 5.41) is 8.58. The van der Waals surface area contributed by atoms with Gasteiger partial charge in [0.15, 0.2) is 0 Å². The van der Waals surface area contributed by atoms with Crippen LogP contribution in [0.3, 0.4) is 0 Å². The molecule has 0 amide bonds. The van der Waals surface area contributed by atoms with Crippen LogP contribution in [0.25, 0.3) is 0 Å². The van der Waals surface area contributed by atoms with E-state index in [9.17, 15) is 0 Å². The first-order valence-corrected chi connectivity index (χ1v) is 13.6. The minimum atomic E-state index is 0.319. The SMILES string of the molecule is CC.CCOCCN(C)CC.COCCN(CCC(C)C)C(C)C.OCCN1CCCCC1. The van der Waals surface area contributed by atoms with E-state index in [0.717, 1.165) is 51.9 Å². The van der Waals surface area contributed by atoms with Crippen molar-refractivity contribution in [2.24, 2.45) is 5.92 Å². The molecule has 1 rings (SSSR count). The Bertz CT molecular complexity index is 336. The van der Waals surface area contributed by atoms with Crippen LogP contribution in [0.4, 0.5) is 0 Å². The molecule has 0 spiro atoms. The first kappa shape index (κ1) is 37.3. The topological polar surface area (TPSA) is 48.4 Å². The summed E-state index contributed by atoms with van der Waals surface area (Å²) in [6.07, 6.45) is 5.30. The summed E-state index contributed by atoms with van der Waals surface area (Å²) in [5.41, 5.74) is 0. The van der Waals surface area contributed by atoms with Gasteiger partial charge in [0.1, 0.15) is 0 Å². The summed E-state index contributed by atoms with van der Waals surface area (Å²) in [6, 6.07) is 0.633. The number of piperidine rings is 1. The Morgan fingerprint density at radius 1 is 0.909 bits per heavy atom. The summed E-state index contributed by atoms with van der Waals surface area (Å²) in [6.45, 7) is 27.7. The Labute approximate surface area is 209 Å². The molecule has 1 aliphatic rings. The van der Waals surface area contributed by atoms with Crippen molar-refractivity contribution in [2.45, 2.75) is 87.1 Å². The molecule has 1 saturated heterocycles. The number of likely N-dealkylation sites (tertiary alicyclic amines) is 1. The van der Waals surface area contributed by atoms with Crippen LogP contribution in [-0.2, 0) is 9.47 Å². The van der Waals surface area contributed by atoms with Gasteiger partial charge in [-0.05, 0) is 79.2 Å². The van der Waals surface area contributed by atoms with Gasteiger partial charge in [-0.2, -0.15) is 0 Å². The molecule has 0 aromatic rings. The predicted octanol–water partition coefficient (Wildman–Crippen LogP) is 4.85. The molecule has 0 aliphatic carbocycles. The first-order chi connectivity index (χ1) is 15.8. The number of rotatable bonds is 14. The average Bonchev–Trinajstić information content (AvgIpc) is 2.82. The van der Waals surface area contributed by atoms with Gasteiger partial charge in [0.05, 0.1) is 19.8 Å². The maximum absolute atomic E-state index is 8.58. The monoisotopic (exact) mass is 477 g/mol. The van der Waals surface area contributed by atoms with E-state index in [-0.39, 0.29) is 0 Å². The fraction of sp³-hybridized carbons (Fsp3) is 1.00. The molecular formula is C27H63N3O3. The van der Waals surface area contributed by atoms with Gasteiger partial charge < -0.3 is 24.4 Å². The van der Waals surface area contributed by atoms with Crippen LogP contribution in [-0.4, -0.2) is 112 Å². The van der Waals surface area contributed by atoms with Crippen molar-refractivity contribution >= 4 is 0 Å². The molecule has 204 valence electrons. The second kappa shape index (κ2) is 29.8. The number of likely N-dealkylation sites (N-methyl/N-ethyl adjacent to an activating group) is 1. The van der Waals surface area contributed by atoms with Gasteiger partial charge in [-0.25, -0.2) is 0 Å². The lowest BCUT2D eigenvalue weighted by molar-refractivity contribution is 0.124. The van der Waals surface area contributed by atoms with Crippen molar-refractivity contribution in [1.29, 1.82) is 0 Å². The zero-order valence-electron chi connectivity index (χ0n) is 24.4. The molecule has 1 N–H and O–H groups in total. The fourth-order valence-electron chi connectivity index (χ4n) is 3.11. The third-order valence-corrected chi connectivity index (χ3v) is 5.53. The molecule has 6 nitrogen and oxygen atoms in total. The second-order valence-corrected chi connectivity index (χ2v) is 9.02. The normalized spacial score (nSPS) is 13.9. The van der Waals surface area contributed by atoms with E-state index in [2.05, 4.69) is 56.4 Å². The first-order valence-electron chi connectivity index (χ1n) is 13.6. The number of hydrogen-bond donors (Lipinski definition) is 1. The Morgan fingerprint density at radius 3 is 1.94 bits per heavy atom. The van der Waals surface area contributed by atoms with E-state index < -0.39 is 0 Å². The van der Waals surface area contributed by atoms with Crippen LogP contribution in [0.15, 0.2) is 0 Å². The van der Waals surface area contributed by atoms with E-state index >= 15 is 0 Å². The molecule has 0 atom stereocenters. The molecule has 6 heteroatoms. The summed E-state index contributed by atoms with van der Waals surface area (Å²) in [4.78, 5) is 7.03. The van der Waals surface area contributed by atoms with E-state index in [0.29, 0.717) is 12.6 Å². The predicted molar refractivity (Wildman–Crippen MR) is 146 cm³/mol. The summed E-state index contributed by atoms with van der Waals surface area (Å²) in [5.74, 6) is 0.795. The molecule has 0 radical (unpaired) electrons. The molecule has 0 aromatic heterocycles. The minimum absolute atomic E-state index is 0.319. The van der Waals surface area contributed by atoms with Gasteiger partial charge >= 0.3 is 0 Å². The van der Waals surface area contributed by atoms with E-state index in [1.54, 1.807) is 7.11 Å². The molecule has 0 saturated carbocycles. The van der Waals surface area contributed by atoms with Gasteiger partial charge in [0.25, 0.3) is 0 Å². The summed E-state index contributed by atoms with van der Waals surface area (Å²) in [7, 11) is 3.86. The van der Waals surface area contributed by atoms with Gasteiger partial charge in [0.2, 0.25) is 0 Å². The van der Waals surface area contributed by atoms with Gasteiger partial charge in [-0.1, -0.05) is 41.0 Å². The highest BCUT2D eigenvalue weighted by molar-refractivity contribution is 4.64. The van der Waals surface area contributed by atoms with Gasteiger partial charge in [-0.15, -0.1) is 0 Å². The van der Waals surface area contributed by atoms with Crippen LogP contribution in [0, 0.1) is 5.92 Å². The number of hydrogen-bond acceptors (Lipinski definition) is 6. The highest BCUT2D eigenvalue weighted by Gasteiger charge is 2.09. The van der Waals surface area contributed by atoms with Crippen LogP contribution in [0.5, 0.6) is 0 Å². The molecule has 1 heterocycles. The van der Waals surface area contributed by atoms with Crippen molar-refractivity contribution in [3.05, 3.63) is 0 Å². The van der Waals surface area contributed by atoms with Crippen LogP contribution >= 0.6 is 0 Å². The number of ether oxygens (including phenoxy) is 2. The van der Waals surface area contributed by atoms with Crippen LogP contribution in [0.1, 0.15) is 81.1 Å². The largest absolute Gasteiger partial charge is 0.395 e. The van der Waals surface area contributed by atoms with Crippen LogP contribution < -0.4 is 0 Å². The lowest BCUT2D eigenvalue weighted by Gasteiger charge is -2.26. The molecule has 0 aromatic carbocycles. The van der Waals surface area contributed by atoms with Gasteiger partial charge in [0, 0.05) is 39.4 Å². The molecule has 1 fully saturated rings. The van der Waals surface area contributed by atoms with Crippen molar-refractivity contribution < 1.29 is 14.6 Å². The zero-order valence-corrected chi connectivity index (χ0v) is 24.4. The Balaban J connectivity index is -0.000000402. The average molecular weight is 478 g/mol. The minimum Gasteiger partial charge on any atom is -0.395 e. The molecule has 1 aliphatic heterocycles. The quantitative estimate of drug-likeness (QED) is 0.361. The summed E-state index contributed by atoms with van der Waals surface area (Å²) < 4.78 is 10.3. The second-order valence-electron chi connectivity index (χ2n) is 9.02. The number of aliphatic hydroxyl groups excluding tert-OH is 1. The lowest BCUT2D eigenvalue weighted by Crippen LogP contribution is -2.35. The third-order valence-electron chi connectivity index (χ3n) is 5.53. The maximum atomic E-state index is 8.58. The zero-order chi connectivity index (χ0) is 25.9. The highest BCUT2D eigenvalue weighted by atomic mass is 16.5. The molecule has 0 unspecified atom stereocenters. The lowest BCUT2D eigenvalue weighted by atomic mass is 10.1. The molecule has 0 bridgehead atoms. The van der Waals surface area contributed by atoms with E-state index in [1.807, 2.05) is 20.8 Å². The number of methoxy groups -OCH3 is 1. The standard InChI is InChI=1S/C11H25NO.C7H15NO.C7H17NO.C2H6/c1-10(2)6-7-12(11(3)4)8-9-13-5;9-7-6-8-4-2-1-3-5-8;1-4-8(3)6-7-9-5-2;1-2/h10-11H,6-9H2,1-5H3;9H,1-7H2;4-7H2,1-3H3;1-2H3. The molecule has 33 heavy (non-hydrogen) atoms. The maximum Gasteiger partial charge on any atom is 0.0593 e. The Morgan fingerprint density at radius 2 is 1.52 bits per heavy atom. The van der Waals surface area contributed by atoms with Crippen molar-refractivity contribution in [2.75, 3.05) is 86.4 Å². The van der Waals surface area contributed by atoms with Gasteiger partial charge in [-0.3, -0.25) is 4.90 Å². The van der Waals surface area contributed by atoms with Crippen molar-refractivity contribution in [3.8, 4) is 0 Å². The smallest absolute Gasteiger partial charge is 0.0593 e. The van der Waals surface area contributed by atoms with E-state index in [4.69, 9.17) is 14.6 Å². The number of aliphatic hydroxyl groups is 1. The van der Waals surface area contributed by atoms with Crippen molar-refractivity contribution in [3.63, 3.8) is 0 Å². The third kappa shape index (κ3) is 29.7.